The first-order valence-corrected chi connectivity index (χ1v) is 5.89. The third-order valence-electron chi connectivity index (χ3n) is 2.67. The van der Waals surface area contributed by atoms with E-state index < -0.39 is 0 Å². The number of ether oxygens (including phenoxy) is 1. The summed E-state index contributed by atoms with van der Waals surface area (Å²) in [6.45, 7) is 2.41. The Morgan fingerprint density at radius 3 is 2.78 bits per heavy atom. The molecule has 4 nitrogen and oxygen atoms in total. The number of hydrogen-bond donors (Lipinski definition) is 1. The standard InChI is InChI=1S/C14H16N2O2/c1-11-12(10-17)5-6-14(16-11)18-9-7-13-4-2-3-8-15-13/h2-6,8,17H,7,9-10H2,1H3. The van der Waals surface area contributed by atoms with Crippen LogP contribution in [0.5, 0.6) is 5.88 Å². The first-order valence-electron chi connectivity index (χ1n) is 5.89. The van der Waals surface area contributed by atoms with E-state index in [0.29, 0.717) is 12.5 Å². The highest BCUT2D eigenvalue weighted by molar-refractivity contribution is 5.24. The number of aryl methyl sites for hydroxylation is 1. The van der Waals surface area contributed by atoms with Crippen molar-refractivity contribution in [2.45, 2.75) is 20.0 Å². The van der Waals surface area contributed by atoms with Crippen molar-refractivity contribution < 1.29 is 9.84 Å². The van der Waals surface area contributed by atoms with Gasteiger partial charge in [0.2, 0.25) is 5.88 Å². The molecular weight excluding hydrogens is 228 g/mol. The Labute approximate surface area is 106 Å². The smallest absolute Gasteiger partial charge is 0.213 e. The third kappa shape index (κ3) is 3.28. The lowest BCUT2D eigenvalue weighted by Gasteiger charge is -2.07. The first kappa shape index (κ1) is 12.5. The fourth-order valence-electron chi connectivity index (χ4n) is 1.62. The van der Waals surface area contributed by atoms with E-state index in [-0.39, 0.29) is 6.61 Å². The van der Waals surface area contributed by atoms with Crippen molar-refractivity contribution in [2.75, 3.05) is 6.61 Å². The Kier molecular flexibility index (Phi) is 4.25. The molecule has 2 rings (SSSR count). The molecule has 1 N–H and O–H groups in total. The molecule has 0 bridgehead atoms. The molecule has 2 aromatic heterocycles. The van der Waals surface area contributed by atoms with Crippen LogP contribution < -0.4 is 4.74 Å². The predicted octanol–water partition coefficient (Wildman–Crippen LogP) is 1.90. The summed E-state index contributed by atoms with van der Waals surface area (Å²) in [4.78, 5) is 8.49. The van der Waals surface area contributed by atoms with Gasteiger partial charge in [0.25, 0.3) is 0 Å². The summed E-state index contributed by atoms with van der Waals surface area (Å²) < 4.78 is 5.56. The molecule has 2 heterocycles. The van der Waals surface area contributed by atoms with Crippen molar-refractivity contribution >= 4 is 0 Å². The van der Waals surface area contributed by atoms with Crippen LogP contribution in [0.3, 0.4) is 0 Å². The second kappa shape index (κ2) is 6.12. The van der Waals surface area contributed by atoms with Crippen LogP contribution in [0.15, 0.2) is 36.5 Å². The summed E-state index contributed by atoms with van der Waals surface area (Å²) in [5, 5.41) is 9.04. The van der Waals surface area contributed by atoms with Crippen LogP contribution in [-0.4, -0.2) is 21.7 Å². The van der Waals surface area contributed by atoms with Crippen LogP contribution in [0, 0.1) is 6.92 Å². The molecule has 18 heavy (non-hydrogen) atoms. The molecule has 0 radical (unpaired) electrons. The van der Waals surface area contributed by atoms with Gasteiger partial charge in [-0.25, -0.2) is 4.98 Å². The maximum atomic E-state index is 9.04. The van der Waals surface area contributed by atoms with Crippen LogP contribution in [0.2, 0.25) is 0 Å². The Bertz CT molecular complexity index is 500. The van der Waals surface area contributed by atoms with Gasteiger partial charge >= 0.3 is 0 Å². The first-order chi connectivity index (χ1) is 8.79. The number of pyridine rings is 2. The van der Waals surface area contributed by atoms with Crippen molar-refractivity contribution in [3.63, 3.8) is 0 Å². The lowest BCUT2D eigenvalue weighted by Crippen LogP contribution is -2.05. The molecule has 0 fully saturated rings. The summed E-state index contributed by atoms with van der Waals surface area (Å²) >= 11 is 0. The molecule has 0 aliphatic carbocycles. The number of aromatic nitrogens is 2. The van der Waals surface area contributed by atoms with E-state index in [1.165, 1.54) is 0 Å². The topological polar surface area (TPSA) is 55.2 Å². The minimum Gasteiger partial charge on any atom is -0.477 e. The summed E-state index contributed by atoms with van der Waals surface area (Å²) in [5.41, 5.74) is 2.63. The van der Waals surface area contributed by atoms with Crippen molar-refractivity contribution in [3.8, 4) is 5.88 Å². The second-order valence-corrected chi connectivity index (χ2v) is 3.97. The van der Waals surface area contributed by atoms with E-state index in [2.05, 4.69) is 9.97 Å². The summed E-state index contributed by atoms with van der Waals surface area (Å²) in [6, 6.07) is 9.43. The van der Waals surface area contributed by atoms with Crippen molar-refractivity contribution in [2.24, 2.45) is 0 Å². The van der Waals surface area contributed by atoms with Gasteiger partial charge in [0.15, 0.2) is 0 Å². The van der Waals surface area contributed by atoms with Crippen molar-refractivity contribution in [3.05, 3.63) is 53.5 Å². The van der Waals surface area contributed by atoms with Crippen molar-refractivity contribution in [1.29, 1.82) is 0 Å². The van der Waals surface area contributed by atoms with Gasteiger partial charge in [-0.05, 0) is 30.7 Å². The number of nitrogens with zero attached hydrogens (tertiary/aromatic N) is 2. The van der Waals surface area contributed by atoms with Gasteiger partial charge in [0.05, 0.1) is 13.2 Å². The van der Waals surface area contributed by atoms with E-state index in [0.717, 1.165) is 23.4 Å². The zero-order valence-electron chi connectivity index (χ0n) is 10.3. The fourth-order valence-corrected chi connectivity index (χ4v) is 1.62. The Balaban J connectivity index is 1.89. The van der Waals surface area contributed by atoms with Gasteiger partial charge in [-0.2, -0.15) is 0 Å². The number of hydrogen-bond acceptors (Lipinski definition) is 4. The zero-order valence-corrected chi connectivity index (χ0v) is 10.3. The average Bonchev–Trinajstić information content (AvgIpc) is 2.40. The van der Waals surface area contributed by atoms with Gasteiger partial charge in [0, 0.05) is 30.1 Å². The van der Waals surface area contributed by atoms with Gasteiger partial charge in [-0.15, -0.1) is 0 Å². The normalized spacial score (nSPS) is 10.3. The highest BCUT2D eigenvalue weighted by atomic mass is 16.5. The zero-order chi connectivity index (χ0) is 12.8. The predicted molar refractivity (Wildman–Crippen MR) is 68.3 cm³/mol. The van der Waals surface area contributed by atoms with Gasteiger partial charge < -0.3 is 9.84 Å². The highest BCUT2D eigenvalue weighted by Gasteiger charge is 2.02. The third-order valence-corrected chi connectivity index (χ3v) is 2.67. The Morgan fingerprint density at radius 1 is 1.22 bits per heavy atom. The molecule has 0 aromatic carbocycles. The van der Waals surface area contributed by atoms with E-state index in [1.54, 1.807) is 12.3 Å². The lowest BCUT2D eigenvalue weighted by atomic mass is 10.2. The molecular formula is C14H16N2O2. The Morgan fingerprint density at radius 2 is 2.11 bits per heavy atom. The number of rotatable bonds is 5. The molecule has 0 spiro atoms. The molecule has 0 amide bonds. The minimum absolute atomic E-state index is 0.00699. The summed E-state index contributed by atoms with van der Waals surface area (Å²) in [5.74, 6) is 0.584. The molecule has 2 aromatic rings. The van der Waals surface area contributed by atoms with Crippen LogP contribution in [-0.2, 0) is 13.0 Å². The highest BCUT2D eigenvalue weighted by Crippen LogP contribution is 2.12. The van der Waals surface area contributed by atoms with Crippen molar-refractivity contribution in [1.82, 2.24) is 9.97 Å². The van der Waals surface area contributed by atoms with Gasteiger partial charge in [-0.3, -0.25) is 4.98 Å². The summed E-state index contributed by atoms with van der Waals surface area (Å²) in [7, 11) is 0. The van der Waals surface area contributed by atoms with Crippen LogP contribution in [0.4, 0.5) is 0 Å². The molecule has 94 valence electrons. The minimum atomic E-state index is 0.00699. The second-order valence-electron chi connectivity index (χ2n) is 3.97. The van der Waals surface area contributed by atoms with E-state index >= 15 is 0 Å². The number of aliphatic hydroxyl groups excluding tert-OH is 1. The average molecular weight is 244 g/mol. The van der Waals surface area contributed by atoms with E-state index in [1.807, 2.05) is 31.2 Å². The van der Waals surface area contributed by atoms with Crippen LogP contribution in [0.1, 0.15) is 17.0 Å². The van der Waals surface area contributed by atoms with Gasteiger partial charge in [-0.1, -0.05) is 6.07 Å². The molecule has 0 saturated heterocycles. The molecule has 4 heteroatoms. The SMILES string of the molecule is Cc1nc(OCCc2ccccn2)ccc1CO. The molecule has 0 atom stereocenters. The van der Waals surface area contributed by atoms with E-state index in [4.69, 9.17) is 9.84 Å². The maximum Gasteiger partial charge on any atom is 0.213 e. The fraction of sp³-hybridized carbons (Fsp3) is 0.286. The van der Waals surface area contributed by atoms with Gasteiger partial charge in [0.1, 0.15) is 0 Å². The summed E-state index contributed by atoms with van der Waals surface area (Å²) in [6.07, 6.45) is 2.52. The number of aliphatic hydroxyl groups is 1. The molecule has 0 aliphatic heterocycles. The van der Waals surface area contributed by atoms with E-state index in [9.17, 15) is 0 Å². The maximum absolute atomic E-state index is 9.04. The van der Waals surface area contributed by atoms with Crippen LogP contribution in [0.25, 0.3) is 0 Å². The quantitative estimate of drug-likeness (QED) is 0.872. The largest absolute Gasteiger partial charge is 0.477 e. The molecule has 0 unspecified atom stereocenters. The van der Waals surface area contributed by atoms with Crippen LogP contribution >= 0.6 is 0 Å². The monoisotopic (exact) mass is 244 g/mol. The Hall–Kier alpha value is -1.94. The molecule has 0 aliphatic rings. The lowest BCUT2D eigenvalue weighted by molar-refractivity contribution is 0.278. The molecule has 0 saturated carbocycles.